The van der Waals surface area contributed by atoms with Gasteiger partial charge in [0.05, 0.1) is 7.11 Å². The summed E-state index contributed by atoms with van der Waals surface area (Å²) < 4.78 is 9.60. The molecule has 0 spiro atoms. The molecule has 0 N–H and O–H groups in total. The van der Waals surface area contributed by atoms with E-state index in [0.29, 0.717) is 5.02 Å². The maximum absolute atomic E-state index is 11.3. The van der Waals surface area contributed by atoms with Gasteiger partial charge in [-0.3, -0.25) is 0 Å². The molecule has 0 amide bonds. The average Bonchev–Trinajstić information content (AvgIpc) is 2.26. The number of nitrogens with zero attached hydrogens (tertiary/aromatic N) is 1. The second-order valence-corrected chi connectivity index (χ2v) is 3.02. The van der Waals surface area contributed by atoms with Gasteiger partial charge in [-0.05, 0) is 18.2 Å². The summed E-state index contributed by atoms with van der Waals surface area (Å²) in [5.41, 5.74) is 0.209. The van der Waals surface area contributed by atoms with Crippen molar-refractivity contribution < 1.29 is 14.3 Å². The minimum absolute atomic E-state index is 0.133. The van der Waals surface area contributed by atoms with Gasteiger partial charge in [0, 0.05) is 5.02 Å². The first-order chi connectivity index (χ1) is 7.19. The molecule has 0 aliphatic carbocycles. The standard InChI is InChI=1S/C10H8ClNO3/c1-14-10(13)8-6-7(11)2-3-9(8)15-5-4-12/h2-3,6H,5H2,1H3. The Hall–Kier alpha value is -1.73. The first kappa shape index (κ1) is 11.3. The number of hydrogen-bond acceptors (Lipinski definition) is 4. The molecule has 0 bridgehead atoms. The van der Waals surface area contributed by atoms with Crippen molar-refractivity contribution in [1.29, 1.82) is 5.26 Å². The van der Waals surface area contributed by atoms with Crippen LogP contribution < -0.4 is 4.74 Å². The van der Waals surface area contributed by atoms with E-state index in [9.17, 15) is 4.79 Å². The van der Waals surface area contributed by atoms with Crippen molar-refractivity contribution in [2.45, 2.75) is 0 Å². The maximum atomic E-state index is 11.3. The summed E-state index contributed by atoms with van der Waals surface area (Å²) in [4.78, 5) is 11.3. The lowest BCUT2D eigenvalue weighted by Gasteiger charge is -2.07. The Balaban J connectivity index is 3.04. The van der Waals surface area contributed by atoms with E-state index in [2.05, 4.69) is 4.74 Å². The van der Waals surface area contributed by atoms with Crippen LogP contribution >= 0.6 is 11.6 Å². The number of ether oxygens (including phenoxy) is 2. The lowest BCUT2D eigenvalue weighted by molar-refractivity contribution is 0.0596. The first-order valence-electron chi connectivity index (χ1n) is 4.06. The molecule has 0 aliphatic rings. The van der Waals surface area contributed by atoms with E-state index in [1.54, 1.807) is 6.07 Å². The van der Waals surface area contributed by atoms with E-state index in [1.807, 2.05) is 6.07 Å². The predicted molar refractivity (Wildman–Crippen MR) is 53.9 cm³/mol. The second-order valence-electron chi connectivity index (χ2n) is 2.58. The largest absolute Gasteiger partial charge is 0.478 e. The van der Waals surface area contributed by atoms with Gasteiger partial charge < -0.3 is 9.47 Å². The molecular weight excluding hydrogens is 218 g/mol. The molecule has 0 heterocycles. The third-order valence-corrected chi connectivity index (χ3v) is 1.87. The van der Waals surface area contributed by atoms with Crippen LogP contribution in [0.2, 0.25) is 5.02 Å². The Kier molecular flexibility index (Phi) is 3.95. The predicted octanol–water partition coefficient (Wildman–Crippen LogP) is 2.03. The summed E-state index contributed by atoms with van der Waals surface area (Å²) in [6, 6.07) is 6.33. The summed E-state index contributed by atoms with van der Waals surface area (Å²) in [7, 11) is 1.26. The number of carbonyl (C=O) groups is 1. The summed E-state index contributed by atoms with van der Waals surface area (Å²) >= 11 is 5.72. The third-order valence-electron chi connectivity index (χ3n) is 1.64. The number of methoxy groups -OCH3 is 1. The summed E-state index contributed by atoms with van der Waals surface area (Å²) in [5, 5.41) is 8.75. The maximum Gasteiger partial charge on any atom is 0.341 e. The van der Waals surface area contributed by atoms with E-state index in [0.717, 1.165) is 0 Å². The molecule has 1 rings (SSSR count). The van der Waals surface area contributed by atoms with E-state index in [-0.39, 0.29) is 17.9 Å². The second kappa shape index (κ2) is 5.23. The molecule has 0 saturated heterocycles. The van der Waals surface area contributed by atoms with Crippen LogP contribution in [0.1, 0.15) is 10.4 Å². The summed E-state index contributed by atoms with van der Waals surface area (Å²) in [6.45, 7) is -0.133. The highest BCUT2D eigenvalue weighted by Crippen LogP contribution is 2.23. The highest BCUT2D eigenvalue weighted by Gasteiger charge is 2.13. The van der Waals surface area contributed by atoms with Crippen LogP contribution in [-0.2, 0) is 4.74 Å². The number of halogens is 1. The Morgan fingerprint density at radius 3 is 2.93 bits per heavy atom. The Bertz CT molecular complexity index is 412. The zero-order chi connectivity index (χ0) is 11.3. The van der Waals surface area contributed by atoms with Gasteiger partial charge in [0.25, 0.3) is 0 Å². The topological polar surface area (TPSA) is 59.3 Å². The van der Waals surface area contributed by atoms with Crippen molar-refractivity contribution in [3.63, 3.8) is 0 Å². The molecule has 0 radical (unpaired) electrons. The minimum Gasteiger partial charge on any atom is -0.478 e. The number of benzene rings is 1. The fourth-order valence-electron chi connectivity index (χ4n) is 1.01. The molecule has 5 heteroatoms. The molecular formula is C10H8ClNO3. The molecule has 0 unspecified atom stereocenters. The van der Waals surface area contributed by atoms with Gasteiger partial charge in [0.2, 0.25) is 0 Å². The Morgan fingerprint density at radius 2 is 2.33 bits per heavy atom. The van der Waals surface area contributed by atoms with Gasteiger partial charge in [-0.15, -0.1) is 0 Å². The van der Waals surface area contributed by atoms with Gasteiger partial charge in [0.15, 0.2) is 6.61 Å². The monoisotopic (exact) mass is 225 g/mol. The molecule has 4 nitrogen and oxygen atoms in total. The highest BCUT2D eigenvalue weighted by atomic mass is 35.5. The molecule has 1 aromatic carbocycles. The fourth-order valence-corrected chi connectivity index (χ4v) is 1.18. The van der Waals surface area contributed by atoms with Crippen LogP contribution in [0, 0.1) is 11.3 Å². The first-order valence-corrected chi connectivity index (χ1v) is 4.44. The zero-order valence-electron chi connectivity index (χ0n) is 7.99. The molecule has 0 fully saturated rings. The van der Waals surface area contributed by atoms with E-state index in [1.165, 1.54) is 19.2 Å². The molecule has 15 heavy (non-hydrogen) atoms. The summed E-state index contributed by atoms with van der Waals surface area (Å²) in [6.07, 6.45) is 0. The van der Waals surface area contributed by atoms with Crippen molar-refractivity contribution in [3.05, 3.63) is 28.8 Å². The van der Waals surface area contributed by atoms with Crippen LogP contribution in [0.5, 0.6) is 5.75 Å². The zero-order valence-corrected chi connectivity index (χ0v) is 8.75. The van der Waals surface area contributed by atoms with Crippen molar-refractivity contribution >= 4 is 17.6 Å². The van der Waals surface area contributed by atoms with E-state index < -0.39 is 5.97 Å². The van der Waals surface area contributed by atoms with Crippen LogP contribution in [0.25, 0.3) is 0 Å². The van der Waals surface area contributed by atoms with Crippen LogP contribution in [0.4, 0.5) is 0 Å². The van der Waals surface area contributed by atoms with Gasteiger partial charge >= 0.3 is 5.97 Å². The van der Waals surface area contributed by atoms with Gasteiger partial charge in [-0.25, -0.2) is 4.79 Å². The average molecular weight is 226 g/mol. The Morgan fingerprint density at radius 1 is 1.60 bits per heavy atom. The summed E-state index contributed by atoms with van der Waals surface area (Å²) in [5.74, 6) is -0.266. The molecule has 0 saturated carbocycles. The molecule has 1 aromatic rings. The lowest BCUT2D eigenvalue weighted by Crippen LogP contribution is -2.05. The molecule has 0 atom stereocenters. The van der Waals surface area contributed by atoms with E-state index in [4.69, 9.17) is 21.6 Å². The van der Waals surface area contributed by atoms with Crippen molar-refractivity contribution in [3.8, 4) is 11.8 Å². The normalized spacial score (nSPS) is 9.13. The van der Waals surface area contributed by atoms with Crippen LogP contribution in [0.3, 0.4) is 0 Å². The molecule has 78 valence electrons. The van der Waals surface area contributed by atoms with Crippen molar-refractivity contribution in [2.75, 3.05) is 13.7 Å². The van der Waals surface area contributed by atoms with Crippen LogP contribution in [-0.4, -0.2) is 19.7 Å². The van der Waals surface area contributed by atoms with E-state index >= 15 is 0 Å². The number of nitriles is 1. The van der Waals surface area contributed by atoms with Crippen molar-refractivity contribution in [2.24, 2.45) is 0 Å². The number of carbonyl (C=O) groups excluding carboxylic acids is 1. The third kappa shape index (κ3) is 2.86. The number of esters is 1. The number of rotatable bonds is 3. The van der Waals surface area contributed by atoms with Gasteiger partial charge in [-0.2, -0.15) is 5.26 Å². The minimum atomic E-state index is -0.551. The quantitative estimate of drug-likeness (QED) is 0.739. The SMILES string of the molecule is COC(=O)c1cc(Cl)ccc1OCC#N. The molecule has 0 aliphatic heterocycles. The van der Waals surface area contributed by atoms with Crippen molar-refractivity contribution in [1.82, 2.24) is 0 Å². The van der Waals surface area contributed by atoms with Gasteiger partial charge in [0.1, 0.15) is 17.4 Å². The van der Waals surface area contributed by atoms with Gasteiger partial charge in [-0.1, -0.05) is 11.6 Å². The fraction of sp³-hybridized carbons (Fsp3) is 0.200. The Labute approximate surface area is 92.0 Å². The highest BCUT2D eigenvalue weighted by molar-refractivity contribution is 6.31. The lowest BCUT2D eigenvalue weighted by atomic mass is 10.2. The smallest absolute Gasteiger partial charge is 0.341 e. The number of hydrogen-bond donors (Lipinski definition) is 0. The van der Waals surface area contributed by atoms with Crippen LogP contribution in [0.15, 0.2) is 18.2 Å². The molecule has 0 aromatic heterocycles.